The summed E-state index contributed by atoms with van der Waals surface area (Å²) >= 11 is 0. The number of carbonyl (C=O) groups excluding carboxylic acids is 1. The Morgan fingerprint density at radius 1 is 1.00 bits per heavy atom. The molecule has 0 saturated heterocycles. The van der Waals surface area contributed by atoms with Crippen LogP contribution in [-0.4, -0.2) is 17.5 Å². The Labute approximate surface area is 141 Å². The van der Waals surface area contributed by atoms with Crippen molar-refractivity contribution in [3.8, 4) is 5.75 Å². The van der Waals surface area contributed by atoms with Gasteiger partial charge in [0, 0.05) is 30.6 Å². The zero-order valence-corrected chi connectivity index (χ0v) is 13.2. The van der Waals surface area contributed by atoms with E-state index in [1.54, 1.807) is 18.3 Å². The summed E-state index contributed by atoms with van der Waals surface area (Å²) in [6.45, 7) is 0.587. The Balaban J connectivity index is 1.57. The van der Waals surface area contributed by atoms with Crippen LogP contribution in [0.15, 0.2) is 79.1 Å². The van der Waals surface area contributed by atoms with Crippen molar-refractivity contribution < 1.29 is 9.53 Å². The number of rotatable bonds is 6. The molecule has 0 spiro atoms. The Bertz CT molecular complexity index is 789. The summed E-state index contributed by atoms with van der Waals surface area (Å²) in [5.41, 5.74) is 2.45. The van der Waals surface area contributed by atoms with Crippen molar-refractivity contribution in [1.29, 1.82) is 0 Å². The van der Waals surface area contributed by atoms with Gasteiger partial charge in [-0.1, -0.05) is 36.4 Å². The third-order valence-electron chi connectivity index (χ3n) is 3.52. The second kappa shape index (κ2) is 7.92. The highest BCUT2D eigenvalue weighted by molar-refractivity contribution is 6.04. The van der Waals surface area contributed by atoms with Crippen LogP contribution in [0.25, 0.3) is 0 Å². The molecule has 4 nitrogen and oxygen atoms in total. The Morgan fingerprint density at radius 3 is 2.67 bits per heavy atom. The molecule has 120 valence electrons. The average Bonchev–Trinajstić information content (AvgIpc) is 2.64. The van der Waals surface area contributed by atoms with Gasteiger partial charge < -0.3 is 10.1 Å². The SMILES string of the molecule is O=C(Nc1cccc(OCCc2ccccc2)c1)c1cccnc1. The van der Waals surface area contributed by atoms with Crippen LogP contribution in [0.4, 0.5) is 5.69 Å². The summed E-state index contributed by atoms with van der Waals surface area (Å²) in [6, 6.07) is 21.0. The predicted octanol–water partition coefficient (Wildman–Crippen LogP) is 3.96. The first kappa shape index (κ1) is 15.7. The molecule has 0 fully saturated rings. The highest BCUT2D eigenvalue weighted by Crippen LogP contribution is 2.18. The molecule has 2 aromatic carbocycles. The van der Waals surface area contributed by atoms with Gasteiger partial charge in [-0.05, 0) is 29.8 Å². The second-order valence-electron chi connectivity index (χ2n) is 5.31. The fourth-order valence-electron chi connectivity index (χ4n) is 2.30. The number of amides is 1. The summed E-state index contributed by atoms with van der Waals surface area (Å²) in [7, 11) is 0. The van der Waals surface area contributed by atoms with E-state index < -0.39 is 0 Å². The second-order valence-corrected chi connectivity index (χ2v) is 5.31. The third kappa shape index (κ3) is 4.43. The van der Waals surface area contributed by atoms with Crippen molar-refractivity contribution in [2.75, 3.05) is 11.9 Å². The van der Waals surface area contributed by atoms with E-state index in [0.717, 1.165) is 12.2 Å². The van der Waals surface area contributed by atoms with E-state index in [-0.39, 0.29) is 5.91 Å². The molecule has 3 rings (SSSR count). The molecular formula is C20H18N2O2. The van der Waals surface area contributed by atoms with Crippen molar-refractivity contribution in [3.05, 3.63) is 90.3 Å². The van der Waals surface area contributed by atoms with Crippen molar-refractivity contribution in [2.45, 2.75) is 6.42 Å². The topological polar surface area (TPSA) is 51.2 Å². The Morgan fingerprint density at radius 2 is 1.88 bits per heavy atom. The van der Waals surface area contributed by atoms with E-state index >= 15 is 0 Å². The Hall–Kier alpha value is -3.14. The largest absolute Gasteiger partial charge is 0.493 e. The van der Waals surface area contributed by atoms with Crippen LogP contribution in [0.1, 0.15) is 15.9 Å². The predicted molar refractivity (Wildman–Crippen MR) is 94.3 cm³/mol. The molecule has 0 aliphatic carbocycles. The molecule has 0 bridgehead atoms. The standard InChI is InChI=1S/C20H18N2O2/c23-20(17-8-5-12-21-15-17)22-18-9-4-10-19(14-18)24-13-11-16-6-2-1-3-7-16/h1-10,12,14-15H,11,13H2,(H,22,23). The van der Waals surface area contributed by atoms with E-state index in [1.165, 1.54) is 11.8 Å². The van der Waals surface area contributed by atoms with Crippen molar-refractivity contribution in [2.24, 2.45) is 0 Å². The average molecular weight is 318 g/mol. The van der Waals surface area contributed by atoms with Crippen molar-refractivity contribution in [3.63, 3.8) is 0 Å². The van der Waals surface area contributed by atoms with Crippen LogP contribution in [0.2, 0.25) is 0 Å². The summed E-state index contributed by atoms with van der Waals surface area (Å²) in [5.74, 6) is 0.541. The van der Waals surface area contributed by atoms with Gasteiger partial charge in [0.2, 0.25) is 0 Å². The Kier molecular flexibility index (Phi) is 5.20. The minimum Gasteiger partial charge on any atom is -0.493 e. The van der Waals surface area contributed by atoms with Gasteiger partial charge in [-0.3, -0.25) is 9.78 Å². The lowest BCUT2D eigenvalue weighted by atomic mass is 10.2. The number of aromatic nitrogens is 1. The third-order valence-corrected chi connectivity index (χ3v) is 3.52. The zero-order valence-electron chi connectivity index (χ0n) is 13.2. The van der Waals surface area contributed by atoms with Crippen LogP contribution >= 0.6 is 0 Å². The van der Waals surface area contributed by atoms with Gasteiger partial charge in [0.1, 0.15) is 5.75 Å². The molecule has 0 unspecified atom stereocenters. The lowest BCUT2D eigenvalue weighted by Gasteiger charge is -2.09. The smallest absolute Gasteiger partial charge is 0.257 e. The lowest BCUT2D eigenvalue weighted by molar-refractivity contribution is 0.102. The number of pyridine rings is 1. The lowest BCUT2D eigenvalue weighted by Crippen LogP contribution is -2.12. The molecule has 1 heterocycles. The van der Waals surface area contributed by atoms with E-state index in [4.69, 9.17) is 4.74 Å². The van der Waals surface area contributed by atoms with Crippen LogP contribution in [0.3, 0.4) is 0 Å². The number of benzene rings is 2. The van der Waals surface area contributed by atoms with Crippen LogP contribution in [0.5, 0.6) is 5.75 Å². The van der Waals surface area contributed by atoms with Crippen molar-refractivity contribution in [1.82, 2.24) is 4.98 Å². The van der Waals surface area contributed by atoms with Crippen LogP contribution < -0.4 is 10.1 Å². The molecule has 1 amide bonds. The first-order chi connectivity index (χ1) is 11.8. The van der Waals surface area contributed by atoms with E-state index in [0.29, 0.717) is 17.9 Å². The van der Waals surface area contributed by atoms with Gasteiger partial charge in [-0.2, -0.15) is 0 Å². The number of hydrogen-bond donors (Lipinski definition) is 1. The monoisotopic (exact) mass is 318 g/mol. The first-order valence-corrected chi connectivity index (χ1v) is 7.79. The van der Waals surface area contributed by atoms with E-state index in [1.807, 2.05) is 42.5 Å². The minimum atomic E-state index is -0.190. The summed E-state index contributed by atoms with van der Waals surface area (Å²) in [4.78, 5) is 16.1. The van der Waals surface area contributed by atoms with Crippen molar-refractivity contribution >= 4 is 11.6 Å². The van der Waals surface area contributed by atoms with E-state index in [9.17, 15) is 4.79 Å². The summed E-state index contributed by atoms with van der Waals surface area (Å²) in [5, 5.41) is 2.85. The van der Waals surface area contributed by atoms with Gasteiger partial charge in [0.05, 0.1) is 12.2 Å². The number of nitrogens with zero attached hydrogens (tertiary/aromatic N) is 1. The molecule has 1 N–H and O–H groups in total. The maximum absolute atomic E-state index is 12.1. The normalized spacial score (nSPS) is 10.2. The fraction of sp³-hybridized carbons (Fsp3) is 0.100. The van der Waals surface area contributed by atoms with Gasteiger partial charge in [0.15, 0.2) is 0 Å². The fourth-order valence-corrected chi connectivity index (χ4v) is 2.30. The molecule has 3 aromatic rings. The zero-order chi connectivity index (χ0) is 16.6. The first-order valence-electron chi connectivity index (χ1n) is 7.79. The molecular weight excluding hydrogens is 300 g/mol. The minimum absolute atomic E-state index is 0.190. The summed E-state index contributed by atoms with van der Waals surface area (Å²) < 4.78 is 5.77. The molecule has 0 aliphatic rings. The van der Waals surface area contributed by atoms with Gasteiger partial charge in [0.25, 0.3) is 5.91 Å². The van der Waals surface area contributed by atoms with Gasteiger partial charge in [-0.15, -0.1) is 0 Å². The van der Waals surface area contributed by atoms with Gasteiger partial charge >= 0.3 is 0 Å². The van der Waals surface area contributed by atoms with E-state index in [2.05, 4.69) is 22.4 Å². The quantitative estimate of drug-likeness (QED) is 0.748. The molecule has 4 heteroatoms. The maximum atomic E-state index is 12.1. The highest BCUT2D eigenvalue weighted by atomic mass is 16.5. The molecule has 0 atom stereocenters. The summed E-state index contributed by atoms with van der Waals surface area (Å²) in [6.07, 6.45) is 4.01. The molecule has 0 radical (unpaired) electrons. The molecule has 24 heavy (non-hydrogen) atoms. The highest BCUT2D eigenvalue weighted by Gasteiger charge is 2.06. The number of anilines is 1. The van der Waals surface area contributed by atoms with Crippen LogP contribution in [0, 0.1) is 0 Å². The molecule has 1 aromatic heterocycles. The molecule has 0 aliphatic heterocycles. The molecule has 0 saturated carbocycles. The van der Waals surface area contributed by atoms with Gasteiger partial charge in [-0.25, -0.2) is 0 Å². The number of nitrogens with one attached hydrogen (secondary N) is 1. The number of hydrogen-bond acceptors (Lipinski definition) is 3. The maximum Gasteiger partial charge on any atom is 0.257 e. The van der Waals surface area contributed by atoms with Crippen LogP contribution in [-0.2, 0) is 6.42 Å². The number of ether oxygens (including phenoxy) is 1. The number of carbonyl (C=O) groups is 1.